The molecule has 0 aliphatic carbocycles. The Balaban J connectivity index is 2.47. The number of carbonyl (C=O) groups is 1. The van der Waals surface area contributed by atoms with Crippen molar-refractivity contribution >= 4 is 32.8 Å². The Morgan fingerprint density at radius 1 is 1.29 bits per heavy atom. The van der Waals surface area contributed by atoms with E-state index < -0.39 is 15.8 Å². The number of benzene rings is 1. The number of ether oxygens (including phenoxy) is 1. The average molecular weight is 325 g/mol. The van der Waals surface area contributed by atoms with E-state index in [0.717, 1.165) is 16.9 Å². The summed E-state index contributed by atoms with van der Waals surface area (Å²) in [5.41, 5.74) is 6.72. The van der Waals surface area contributed by atoms with Gasteiger partial charge in [0.05, 0.1) is 17.2 Å². The Labute approximate surface area is 127 Å². The van der Waals surface area contributed by atoms with Gasteiger partial charge in [-0.3, -0.25) is 0 Å². The van der Waals surface area contributed by atoms with Gasteiger partial charge in [0.15, 0.2) is 0 Å². The molecular formula is C14H15NO4S2. The molecule has 0 aliphatic rings. The summed E-state index contributed by atoms with van der Waals surface area (Å²) in [4.78, 5) is 11.9. The molecule has 2 aromatic rings. The lowest BCUT2D eigenvalue weighted by Crippen LogP contribution is -2.08. The fraction of sp³-hybridized carbons (Fsp3) is 0.214. The summed E-state index contributed by atoms with van der Waals surface area (Å²) in [6.07, 6.45) is 0. The molecule has 2 N–H and O–H groups in total. The molecule has 0 aliphatic heterocycles. The molecule has 1 aromatic heterocycles. The van der Waals surface area contributed by atoms with Crippen molar-refractivity contribution in [1.82, 2.24) is 0 Å². The smallest absolute Gasteiger partial charge is 0.350 e. The van der Waals surface area contributed by atoms with Crippen molar-refractivity contribution in [2.45, 2.75) is 23.6 Å². The van der Waals surface area contributed by atoms with Crippen LogP contribution in [0.2, 0.25) is 0 Å². The fourth-order valence-electron chi connectivity index (χ4n) is 1.76. The molecule has 0 radical (unpaired) electrons. The quantitative estimate of drug-likeness (QED) is 0.873. The predicted octanol–water partition coefficient (Wildman–Crippen LogP) is 2.65. The number of esters is 1. The Hall–Kier alpha value is -1.86. The van der Waals surface area contributed by atoms with Crippen LogP contribution >= 0.6 is 11.3 Å². The zero-order chi connectivity index (χ0) is 15.6. The van der Waals surface area contributed by atoms with Crippen molar-refractivity contribution < 1.29 is 17.9 Å². The van der Waals surface area contributed by atoms with Crippen LogP contribution in [0, 0.1) is 6.92 Å². The summed E-state index contributed by atoms with van der Waals surface area (Å²) in [6, 6.07) is 6.46. The second-order valence-electron chi connectivity index (χ2n) is 4.38. The van der Waals surface area contributed by atoms with Crippen molar-refractivity contribution in [1.29, 1.82) is 0 Å². The topological polar surface area (TPSA) is 86.5 Å². The molecule has 1 aromatic carbocycles. The number of aryl methyl sites for hydroxylation is 1. The van der Waals surface area contributed by atoms with Crippen LogP contribution in [-0.2, 0) is 14.6 Å². The number of anilines is 1. The van der Waals surface area contributed by atoms with Gasteiger partial charge in [-0.2, -0.15) is 0 Å². The first-order valence-corrected chi connectivity index (χ1v) is 8.60. The van der Waals surface area contributed by atoms with Gasteiger partial charge in [0, 0.05) is 5.38 Å². The highest BCUT2D eigenvalue weighted by atomic mass is 32.2. The molecular weight excluding hydrogens is 310 g/mol. The Kier molecular flexibility index (Phi) is 4.34. The number of hydrogen-bond acceptors (Lipinski definition) is 6. The maximum atomic E-state index is 12.5. The van der Waals surface area contributed by atoms with Crippen LogP contribution < -0.4 is 5.73 Å². The van der Waals surface area contributed by atoms with Crippen LogP contribution in [0.15, 0.2) is 39.4 Å². The van der Waals surface area contributed by atoms with Gasteiger partial charge < -0.3 is 10.5 Å². The molecule has 1 heterocycles. The van der Waals surface area contributed by atoms with E-state index in [2.05, 4.69) is 0 Å². The fourth-order valence-corrected chi connectivity index (χ4v) is 4.36. The van der Waals surface area contributed by atoms with E-state index in [1.54, 1.807) is 19.1 Å². The highest BCUT2D eigenvalue weighted by Gasteiger charge is 2.26. The monoisotopic (exact) mass is 325 g/mol. The van der Waals surface area contributed by atoms with Crippen molar-refractivity contribution in [2.24, 2.45) is 0 Å². The van der Waals surface area contributed by atoms with E-state index >= 15 is 0 Å². The minimum Gasteiger partial charge on any atom is -0.462 e. The molecule has 112 valence electrons. The Bertz CT molecular complexity index is 761. The van der Waals surface area contributed by atoms with Crippen molar-refractivity contribution in [2.75, 3.05) is 12.3 Å². The summed E-state index contributed by atoms with van der Waals surface area (Å²) in [5.74, 6) is -0.606. The molecule has 0 saturated heterocycles. The van der Waals surface area contributed by atoms with Crippen LogP contribution in [0.1, 0.15) is 22.2 Å². The maximum Gasteiger partial charge on any atom is 0.350 e. The summed E-state index contributed by atoms with van der Waals surface area (Å²) in [6.45, 7) is 3.75. The largest absolute Gasteiger partial charge is 0.462 e. The van der Waals surface area contributed by atoms with Crippen molar-refractivity contribution in [3.05, 3.63) is 40.1 Å². The molecule has 5 nitrogen and oxygen atoms in total. The van der Waals surface area contributed by atoms with Crippen LogP contribution in [0.4, 0.5) is 5.69 Å². The highest BCUT2D eigenvalue weighted by molar-refractivity contribution is 7.91. The summed E-state index contributed by atoms with van der Waals surface area (Å²) in [7, 11) is -3.74. The zero-order valence-corrected chi connectivity index (χ0v) is 13.3. The summed E-state index contributed by atoms with van der Waals surface area (Å²) < 4.78 is 29.9. The van der Waals surface area contributed by atoms with E-state index in [1.165, 1.54) is 17.5 Å². The lowest BCUT2D eigenvalue weighted by atomic mass is 10.2. The first kappa shape index (κ1) is 15.5. The van der Waals surface area contributed by atoms with Crippen LogP contribution in [0.3, 0.4) is 0 Å². The lowest BCUT2D eigenvalue weighted by molar-refractivity contribution is 0.0533. The van der Waals surface area contributed by atoms with Crippen LogP contribution in [0.5, 0.6) is 0 Å². The van der Waals surface area contributed by atoms with Gasteiger partial charge in [0.2, 0.25) is 9.84 Å². The Morgan fingerprint density at radius 3 is 2.48 bits per heavy atom. The van der Waals surface area contributed by atoms with E-state index in [0.29, 0.717) is 0 Å². The zero-order valence-electron chi connectivity index (χ0n) is 11.6. The van der Waals surface area contributed by atoms with Gasteiger partial charge in [-0.15, -0.1) is 11.3 Å². The van der Waals surface area contributed by atoms with Gasteiger partial charge in [-0.05, 0) is 26.0 Å². The highest BCUT2D eigenvalue weighted by Crippen LogP contribution is 2.33. The molecule has 21 heavy (non-hydrogen) atoms. The maximum absolute atomic E-state index is 12.5. The third-order valence-corrected chi connectivity index (χ3v) is 5.81. The number of nitrogens with two attached hydrogens (primary N) is 1. The van der Waals surface area contributed by atoms with E-state index in [9.17, 15) is 13.2 Å². The molecule has 0 bridgehead atoms. The van der Waals surface area contributed by atoms with Crippen LogP contribution in [-0.4, -0.2) is 21.0 Å². The van der Waals surface area contributed by atoms with E-state index in [-0.39, 0.29) is 27.0 Å². The average Bonchev–Trinajstić information content (AvgIpc) is 2.82. The van der Waals surface area contributed by atoms with Gasteiger partial charge >= 0.3 is 5.97 Å². The van der Waals surface area contributed by atoms with Gasteiger partial charge in [0.1, 0.15) is 9.77 Å². The third kappa shape index (κ3) is 2.93. The number of nitrogen functional groups attached to an aromatic ring is 1. The summed E-state index contributed by atoms with van der Waals surface area (Å²) >= 11 is 0.970. The minimum absolute atomic E-state index is 0.0561. The molecule has 0 spiro atoms. The summed E-state index contributed by atoms with van der Waals surface area (Å²) in [5, 5.41) is 1.37. The number of hydrogen-bond donors (Lipinski definition) is 1. The first-order valence-electron chi connectivity index (χ1n) is 6.23. The molecule has 0 fully saturated rings. The number of thiophene rings is 1. The molecule has 7 heteroatoms. The second-order valence-corrected chi connectivity index (χ2v) is 7.18. The normalized spacial score (nSPS) is 11.3. The number of sulfone groups is 1. The van der Waals surface area contributed by atoms with Gasteiger partial charge in [-0.1, -0.05) is 17.7 Å². The van der Waals surface area contributed by atoms with E-state index in [1.807, 2.05) is 6.92 Å². The van der Waals surface area contributed by atoms with Gasteiger partial charge in [-0.25, -0.2) is 13.2 Å². The predicted molar refractivity (Wildman–Crippen MR) is 81.3 cm³/mol. The SMILES string of the molecule is CCOC(=O)c1scc(S(=O)(=O)c2ccc(C)cc2)c1N. The second kappa shape index (κ2) is 5.87. The molecule has 0 amide bonds. The number of rotatable bonds is 4. The molecule has 0 atom stereocenters. The lowest BCUT2D eigenvalue weighted by Gasteiger charge is -2.05. The van der Waals surface area contributed by atoms with Gasteiger partial charge in [0.25, 0.3) is 0 Å². The van der Waals surface area contributed by atoms with Crippen molar-refractivity contribution in [3.8, 4) is 0 Å². The number of carbonyl (C=O) groups excluding carboxylic acids is 1. The van der Waals surface area contributed by atoms with Crippen molar-refractivity contribution in [3.63, 3.8) is 0 Å². The van der Waals surface area contributed by atoms with Crippen LogP contribution in [0.25, 0.3) is 0 Å². The molecule has 0 saturated carbocycles. The standard InChI is InChI=1S/C14H15NO4S2/c1-3-19-14(16)13-12(15)11(8-20-13)21(17,18)10-6-4-9(2)5-7-10/h4-8H,3,15H2,1-2H3. The van der Waals surface area contributed by atoms with E-state index in [4.69, 9.17) is 10.5 Å². The molecule has 2 rings (SSSR count). The molecule has 0 unspecified atom stereocenters. The first-order chi connectivity index (χ1) is 9.87. The third-order valence-electron chi connectivity index (χ3n) is 2.88. The minimum atomic E-state index is -3.74. The Morgan fingerprint density at radius 2 is 1.90 bits per heavy atom.